The van der Waals surface area contributed by atoms with Crippen molar-refractivity contribution in [3.05, 3.63) is 48.1 Å². The number of aliphatic hydroxyl groups excluding tert-OH is 3. The molecule has 4 aliphatic rings. The molecule has 3 fully saturated rings. The predicted octanol–water partition coefficient (Wildman–Crippen LogP) is 4.04. The summed E-state index contributed by atoms with van der Waals surface area (Å²) >= 11 is 0. The molecule has 6 rings (SSSR count). The maximum absolute atomic E-state index is 14.5. The van der Waals surface area contributed by atoms with Gasteiger partial charge in [0.05, 0.1) is 74.4 Å². The molecule has 1 unspecified atom stereocenters. The summed E-state index contributed by atoms with van der Waals surface area (Å²) in [6.07, 6.45) is -0.445. The highest BCUT2D eigenvalue weighted by atomic mass is 16.7. The number of para-hydroxylation sites is 1. The number of allylic oxidation sites excluding steroid dienone is 3. The Morgan fingerprint density at radius 2 is 1.73 bits per heavy atom. The Bertz CT molecular complexity index is 2050. The van der Waals surface area contributed by atoms with Crippen LogP contribution in [0.5, 0.6) is 0 Å². The van der Waals surface area contributed by atoms with Gasteiger partial charge < -0.3 is 63.0 Å². The van der Waals surface area contributed by atoms with Gasteiger partial charge in [-0.1, -0.05) is 61.0 Å². The molecular weight excluding hydrogens is 907 g/mol. The fourth-order valence-electron chi connectivity index (χ4n) is 10.3. The number of ether oxygens (including phenoxy) is 8. The molecule has 0 spiro atoms. The van der Waals surface area contributed by atoms with E-state index in [9.17, 15) is 24.9 Å². The molecular formula is C51H79N5O14. The fraction of sp³-hybridized carbons (Fsp3) is 0.745. The molecule has 3 aliphatic heterocycles. The summed E-state index contributed by atoms with van der Waals surface area (Å²) in [6, 6.07) is 7.05. The molecule has 2 aromatic rings. The number of hydrogen-bond donors (Lipinski definition) is 3. The normalized spacial score (nSPS) is 37.4. The molecule has 4 heterocycles. The third-order valence-electron chi connectivity index (χ3n) is 14.4. The van der Waals surface area contributed by atoms with Gasteiger partial charge in [-0.05, 0) is 84.2 Å². The van der Waals surface area contributed by atoms with Crippen molar-refractivity contribution in [2.24, 2.45) is 28.8 Å². The molecule has 1 aromatic carbocycles. The van der Waals surface area contributed by atoms with Crippen molar-refractivity contribution in [3.63, 3.8) is 0 Å². The van der Waals surface area contributed by atoms with E-state index in [1.54, 1.807) is 45.2 Å². The van der Waals surface area contributed by atoms with Gasteiger partial charge in [-0.3, -0.25) is 9.59 Å². The summed E-state index contributed by atoms with van der Waals surface area (Å²) < 4.78 is 52.2. The zero-order valence-corrected chi connectivity index (χ0v) is 42.5. The highest BCUT2D eigenvalue weighted by Gasteiger charge is 2.48. The smallest absolute Gasteiger partial charge is 0.308 e. The highest BCUT2D eigenvalue weighted by Crippen LogP contribution is 2.36. The van der Waals surface area contributed by atoms with Crippen molar-refractivity contribution in [3.8, 4) is 0 Å². The number of ketones is 1. The number of aliphatic hydroxyl groups is 3. The molecule has 392 valence electrons. The molecule has 70 heavy (non-hydrogen) atoms. The van der Waals surface area contributed by atoms with Gasteiger partial charge in [-0.15, -0.1) is 5.10 Å². The highest BCUT2D eigenvalue weighted by molar-refractivity contribution is 5.91. The minimum Gasteiger partial charge on any atom is -0.462 e. The van der Waals surface area contributed by atoms with Crippen LogP contribution in [-0.4, -0.2) is 187 Å². The van der Waals surface area contributed by atoms with Crippen molar-refractivity contribution >= 4 is 28.5 Å². The average Bonchev–Trinajstić information content (AvgIpc) is 3.75. The van der Waals surface area contributed by atoms with E-state index < -0.39 is 97.1 Å². The molecule has 1 saturated carbocycles. The van der Waals surface area contributed by atoms with Crippen LogP contribution < -0.4 is 0 Å². The zero-order valence-electron chi connectivity index (χ0n) is 42.5. The fourth-order valence-corrected chi connectivity index (χ4v) is 10.3. The predicted molar refractivity (Wildman–Crippen MR) is 259 cm³/mol. The number of cyclic esters (lactones) is 1. The monoisotopic (exact) mass is 986 g/mol. The number of likely N-dealkylation sites (N-methyl/N-ethyl adjacent to an activating group) is 1. The van der Waals surface area contributed by atoms with E-state index in [4.69, 9.17) is 42.7 Å². The second-order valence-corrected chi connectivity index (χ2v) is 19.7. The molecule has 0 radical (unpaired) electrons. The number of carbonyl (C=O) groups excluding carboxylic acids is 2. The number of oxime groups is 1. The number of rotatable bonds is 14. The average molecular weight is 986 g/mol. The SMILES string of the molecule is CC[C@H]1OC(=O)C[C@H]2OC/C(=N/OCCCn3nnc4ccccc43)COCCC(C[C@@H](C)C(=O)/C=C/C(C)=C/[C@@H]1CO[C@@H]1CC[C@@H](O)[C@@H](OC)[C@H]1OC)[C@H](O[C@@H]1O[C@H](C)[C@@H](O)[C@H](N(C)C)[C@H]1O)[C@H]2C. The van der Waals surface area contributed by atoms with Crippen molar-refractivity contribution < 1.29 is 67.6 Å². The van der Waals surface area contributed by atoms with E-state index in [1.807, 2.05) is 62.7 Å². The van der Waals surface area contributed by atoms with E-state index in [1.165, 1.54) is 7.11 Å². The van der Waals surface area contributed by atoms with Gasteiger partial charge in [-0.25, -0.2) is 4.68 Å². The van der Waals surface area contributed by atoms with Crippen LogP contribution in [0.1, 0.15) is 79.6 Å². The first-order valence-corrected chi connectivity index (χ1v) is 25.1. The van der Waals surface area contributed by atoms with Crippen LogP contribution in [0.15, 0.2) is 53.2 Å². The lowest BCUT2D eigenvalue weighted by Crippen LogP contribution is -2.63. The second-order valence-electron chi connectivity index (χ2n) is 19.7. The Hall–Kier alpha value is -3.73. The van der Waals surface area contributed by atoms with Crippen molar-refractivity contribution in [2.45, 2.75) is 159 Å². The van der Waals surface area contributed by atoms with Gasteiger partial charge in [0.15, 0.2) is 12.1 Å². The van der Waals surface area contributed by atoms with Crippen molar-refractivity contribution in [1.29, 1.82) is 0 Å². The van der Waals surface area contributed by atoms with Crippen LogP contribution >= 0.6 is 0 Å². The number of methoxy groups -OCH3 is 2. The Kier molecular flexibility index (Phi) is 21.3. The zero-order chi connectivity index (χ0) is 50.5. The van der Waals surface area contributed by atoms with Gasteiger partial charge in [0.2, 0.25) is 0 Å². The summed E-state index contributed by atoms with van der Waals surface area (Å²) in [5, 5.41) is 46.4. The van der Waals surface area contributed by atoms with Gasteiger partial charge in [-0.2, -0.15) is 0 Å². The van der Waals surface area contributed by atoms with Crippen LogP contribution in [0.25, 0.3) is 11.0 Å². The summed E-state index contributed by atoms with van der Waals surface area (Å²) in [5.41, 5.74) is 3.00. The van der Waals surface area contributed by atoms with E-state index in [2.05, 4.69) is 15.5 Å². The largest absolute Gasteiger partial charge is 0.462 e. The van der Waals surface area contributed by atoms with Crippen LogP contribution in [0.2, 0.25) is 0 Å². The Labute approximate surface area is 412 Å². The lowest BCUT2D eigenvalue weighted by Gasteiger charge is -2.47. The maximum Gasteiger partial charge on any atom is 0.308 e. The van der Waals surface area contributed by atoms with Gasteiger partial charge in [0.25, 0.3) is 0 Å². The maximum atomic E-state index is 14.5. The summed E-state index contributed by atoms with van der Waals surface area (Å²) in [5.74, 6) is -2.40. The minimum atomic E-state index is -1.25. The molecule has 2 saturated heterocycles. The van der Waals surface area contributed by atoms with Crippen LogP contribution in [0.4, 0.5) is 0 Å². The number of fused-ring (bicyclic) bond motifs is 4. The summed E-state index contributed by atoms with van der Waals surface area (Å²) in [7, 11) is 6.66. The lowest BCUT2D eigenvalue weighted by atomic mass is 9.79. The van der Waals surface area contributed by atoms with Crippen molar-refractivity contribution in [1.82, 2.24) is 19.9 Å². The number of nitrogens with zero attached hydrogens (tertiary/aromatic N) is 5. The molecule has 19 heteroatoms. The van der Waals surface area contributed by atoms with E-state index >= 15 is 0 Å². The number of aromatic nitrogens is 3. The third kappa shape index (κ3) is 14.5. The van der Waals surface area contributed by atoms with Gasteiger partial charge >= 0.3 is 5.97 Å². The standard InChI is InChI=1S/C51H79N5O14/c1-10-41-35(27-65-42-19-18-40(58)49(62-8)50(42)63-9)24-30(2)16-17-39(57)31(3)25-34-20-23-64-28-36(53-67-22-13-21-56-38-15-12-11-14-37(38)52-54-56)29-66-43(26-44(59)69-41)32(4)48(34)70-51-47(61)45(55(6)7)46(60)33(5)68-51/h11-12,14-17,24,31-35,40-43,45-51,58,60-61H,10,13,18-23,25-29H2,1-9H3/b17-16+,30-24+,53-36+/t31-,32+,33-,34?,35-,40-,41-,42-,43-,45+,46-,47-,48-,49-,50+,51+/m1/s1. The first-order valence-electron chi connectivity index (χ1n) is 25.1. The molecule has 1 aromatic heterocycles. The van der Waals surface area contributed by atoms with E-state index in [-0.39, 0.29) is 51.2 Å². The summed E-state index contributed by atoms with van der Waals surface area (Å²) in [6.45, 7) is 10.7. The quantitative estimate of drug-likeness (QED) is 0.138. The molecule has 0 amide bonds. The van der Waals surface area contributed by atoms with Gasteiger partial charge in [0, 0.05) is 51.5 Å². The minimum absolute atomic E-state index is 0.0453. The number of hydrogen-bond acceptors (Lipinski definition) is 18. The van der Waals surface area contributed by atoms with Crippen LogP contribution in [-0.2, 0) is 58.9 Å². The van der Waals surface area contributed by atoms with Gasteiger partial charge in [0.1, 0.15) is 42.3 Å². The number of aryl methyl sites for hydroxylation is 1. The molecule has 19 nitrogen and oxygen atoms in total. The third-order valence-corrected chi connectivity index (χ3v) is 14.4. The van der Waals surface area contributed by atoms with Crippen molar-refractivity contribution in [2.75, 3.05) is 61.3 Å². The number of carbonyl (C=O) groups is 2. The Morgan fingerprint density at radius 3 is 2.47 bits per heavy atom. The van der Waals surface area contributed by atoms with E-state index in [0.717, 1.165) is 16.6 Å². The number of esters is 1. The molecule has 1 aliphatic carbocycles. The first-order chi connectivity index (χ1) is 33.6. The topological polar surface area (TPSA) is 224 Å². The van der Waals surface area contributed by atoms with Crippen LogP contribution in [0.3, 0.4) is 0 Å². The molecule has 2 bridgehead atoms. The summed E-state index contributed by atoms with van der Waals surface area (Å²) in [4.78, 5) is 36.1. The van der Waals surface area contributed by atoms with E-state index in [0.29, 0.717) is 50.8 Å². The Morgan fingerprint density at radius 1 is 0.957 bits per heavy atom. The Balaban J connectivity index is 1.29. The first kappa shape index (κ1) is 55.6. The molecule has 16 atom stereocenters. The number of benzene rings is 1. The molecule has 3 N–H and O–H groups in total. The lowest BCUT2D eigenvalue weighted by molar-refractivity contribution is -0.305. The van der Waals surface area contributed by atoms with Crippen LogP contribution in [0, 0.1) is 23.7 Å². The second kappa shape index (κ2) is 26.8.